The third-order valence-corrected chi connectivity index (χ3v) is 9.85. The first-order valence-electron chi connectivity index (χ1n) is 14.5. The summed E-state index contributed by atoms with van der Waals surface area (Å²) in [5.41, 5.74) is 9.87. The monoisotopic (exact) mass is 676 g/mol. The Labute approximate surface area is 264 Å². The molecule has 0 fully saturated rings. The quantitative estimate of drug-likeness (QED) is 0.172. The summed E-state index contributed by atoms with van der Waals surface area (Å²) in [6.45, 7) is 13.7. The second-order valence-corrected chi connectivity index (χ2v) is 15.1. The van der Waals surface area contributed by atoms with Crippen molar-refractivity contribution in [2.24, 2.45) is 0 Å². The number of fused-ring (bicyclic) bond motifs is 6. The highest BCUT2D eigenvalue weighted by atomic mass is 79.9. The van der Waals surface area contributed by atoms with Gasteiger partial charge < -0.3 is 9.13 Å². The van der Waals surface area contributed by atoms with Crippen LogP contribution in [0.1, 0.15) is 52.7 Å². The van der Waals surface area contributed by atoms with Crippen molar-refractivity contribution in [2.75, 3.05) is 0 Å². The Hall–Kier alpha value is -3.34. The Morgan fingerprint density at radius 1 is 0.429 bits per heavy atom. The van der Waals surface area contributed by atoms with E-state index in [9.17, 15) is 0 Å². The SMILES string of the molecule is CC(C)(C)c1ccc2c(c1)c1ccccc1n2-c1cc(Br)c(-n2c3ccccc3c3cc(C(C)(C)C)ccc32)cc1Br. The lowest BCUT2D eigenvalue weighted by Crippen LogP contribution is -2.10. The maximum absolute atomic E-state index is 4.02. The van der Waals surface area contributed by atoms with Gasteiger partial charge in [0.2, 0.25) is 0 Å². The molecule has 7 aromatic rings. The van der Waals surface area contributed by atoms with E-state index < -0.39 is 0 Å². The van der Waals surface area contributed by atoms with E-state index in [0.29, 0.717) is 0 Å². The second-order valence-electron chi connectivity index (χ2n) is 13.4. The number of benzene rings is 5. The molecule has 2 nitrogen and oxygen atoms in total. The Morgan fingerprint density at radius 3 is 1.17 bits per heavy atom. The lowest BCUT2D eigenvalue weighted by Gasteiger charge is -2.20. The van der Waals surface area contributed by atoms with Crippen LogP contribution in [0.5, 0.6) is 0 Å². The van der Waals surface area contributed by atoms with Gasteiger partial charge in [0, 0.05) is 30.5 Å². The molecule has 5 aromatic carbocycles. The zero-order chi connectivity index (χ0) is 29.6. The van der Waals surface area contributed by atoms with Crippen LogP contribution in [0.2, 0.25) is 0 Å². The van der Waals surface area contributed by atoms with E-state index in [0.717, 1.165) is 20.3 Å². The van der Waals surface area contributed by atoms with E-state index in [1.165, 1.54) is 54.7 Å². The summed E-state index contributed by atoms with van der Waals surface area (Å²) in [5.74, 6) is 0. The minimum atomic E-state index is 0.0820. The van der Waals surface area contributed by atoms with Crippen LogP contribution in [-0.2, 0) is 10.8 Å². The maximum atomic E-state index is 4.02. The predicted octanol–water partition coefficient (Wildman–Crippen LogP) is 12.0. The third kappa shape index (κ3) is 4.26. The van der Waals surface area contributed by atoms with Gasteiger partial charge in [0.1, 0.15) is 0 Å². The fourth-order valence-electron chi connectivity index (χ4n) is 6.27. The molecule has 0 aliphatic carbocycles. The Bertz CT molecular complexity index is 2020. The maximum Gasteiger partial charge on any atom is 0.0617 e. The highest BCUT2D eigenvalue weighted by Crippen LogP contribution is 2.42. The van der Waals surface area contributed by atoms with Crippen molar-refractivity contribution in [3.8, 4) is 11.4 Å². The molecule has 2 heterocycles. The topological polar surface area (TPSA) is 9.86 Å². The van der Waals surface area contributed by atoms with Crippen molar-refractivity contribution < 1.29 is 0 Å². The molecule has 2 aromatic heterocycles. The molecule has 0 bridgehead atoms. The number of para-hydroxylation sites is 2. The van der Waals surface area contributed by atoms with Crippen molar-refractivity contribution in [2.45, 2.75) is 52.4 Å². The molecule has 0 N–H and O–H groups in total. The van der Waals surface area contributed by atoms with Crippen molar-refractivity contribution in [1.29, 1.82) is 0 Å². The molecule has 4 heteroatoms. The zero-order valence-electron chi connectivity index (χ0n) is 24.9. The molecular formula is C38H34Br2N2. The largest absolute Gasteiger partial charge is 0.308 e. The second kappa shape index (κ2) is 9.59. The summed E-state index contributed by atoms with van der Waals surface area (Å²) < 4.78 is 6.86. The van der Waals surface area contributed by atoms with Gasteiger partial charge in [0.05, 0.1) is 33.4 Å². The number of halogens is 2. The highest BCUT2D eigenvalue weighted by molar-refractivity contribution is 9.11. The van der Waals surface area contributed by atoms with Crippen LogP contribution in [0, 0.1) is 0 Å². The number of aromatic nitrogens is 2. The number of rotatable bonds is 2. The molecular weight excluding hydrogens is 644 g/mol. The Balaban J connectivity index is 1.48. The van der Waals surface area contributed by atoms with Gasteiger partial charge in [-0.05, 0) is 102 Å². The van der Waals surface area contributed by atoms with E-state index in [2.05, 4.69) is 180 Å². The van der Waals surface area contributed by atoms with Crippen molar-refractivity contribution in [3.05, 3.63) is 117 Å². The van der Waals surface area contributed by atoms with Gasteiger partial charge in [-0.3, -0.25) is 0 Å². The van der Waals surface area contributed by atoms with E-state index in [-0.39, 0.29) is 10.8 Å². The van der Waals surface area contributed by atoms with Crippen LogP contribution in [0.25, 0.3) is 55.0 Å². The van der Waals surface area contributed by atoms with Gasteiger partial charge in [-0.25, -0.2) is 0 Å². The molecule has 7 rings (SSSR count). The van der Waals surface area contributed by atoms with Gasteiger partial charge in [-0.2, -0.15) is 0 Å². The fourth-order valence-corrected chi connectivity index (χ4v) is 7.28. The molecule has 210 valence electrons. The van der Waals surface area contributed by atoms with E-state index in [1.807, 2.05) is 0 Å². The number of hydrogen-bond donors (Lipinski definition) is 0. The van der Waals surface area contributed by atoms with Crippen LogP contribution in [0.3, 0.4) is 0 Å². The highest BCUT2D eigenvalue weighted by Gasteiger charge is 2.22. The predicted molar refractivity (Wildman–Crippen MR) is 188 cm³/mol. The lowest BCUT2D eigenvalue weighted by atomic mass is 9.86. The minimum absolute atomic E-state index is 0.0820. The molecule has 0 aliphatic rings. The fraction of sp³-hybridized carbons (Fsp3) is 0.211. The lowest BCUT2D eigenvalue weighted by molar-refractivity contribution is 0.591. The number of hydrogen-bond acceptors (Lipinski definition) is 0. The standard InChI is InChI=1S/C38H34Br2N2/c1-37(2,3)23-15-17-33-27(19-23)25-11-7-9-13-31(25)41(33)35-21-30(40)36(22-29(35)39)42-32-14-10-8-12-26(32)28-20-24(38(4,5)6)16-18-34(28)42/h7-22H,1-6H3. The molecule has 0 aliphatic heterocycles. The van der Waals surface area contributed by atoms with E-state index in [4.69, 9.17) is 0 Å². The Morgan fingerprint density at radius 2 is 0.786 bits per heavy atom. The van der Waals surface area contributed by atoms with Gasteiger partial charge in [0.25, 0.3) is 0 Å². The van der Waals surface area contributed by atoms with Crippen molar-refractivity contribution >= 4 is 75.5 Å². The normalized spacial score (nSPS) is 12.8. The Kier molecular flexibility index (Phi) is 6.27. The van der Waals surface area contributed by atoms with E-state index in [1.54, 1.807) is 0 Å². The molecule has 42 heavy (non-hydrogen) atoms. The molecule has 0 amide bonds. The summed E-state index contributed by atoms with van der Waals surface area (Å²) >= 11 is 8.03. The summed E-state index contributed by atoms with van der Waals surface area (Å²) in [4.78, 5) is 0. The summed E-state index contributed by atoms with van der Waals surface area (Å²) in [6, 6.07) is 35.8. The van der Waals surface area contributed by atoms with Gasteiger partial charge in [-0.1, -0.05) is 90.1 Å². The van der Waals surface area contributed by atoms with Crippen LogP contribution in [0.4, 0.5) is 0 Å². The van der Waals surface area contributed by atoms with Crippen LogP contribution in [-0.4, -0.2) is 9.13 Å². The molecule has 0 spiro atoms. The first-order chi connectivity index (χ1) is 19.9. The van der Waals surface area contributed by atoms with Gasteiger partial charge in [-0.15, -0.1) is 0 Å². The van der Waals surface area contributed by atoms with Crippen molar-refractivity contribution in [1.82, 2.24) is 9.13 Å². The molecule has 0 saturated heterocycles. The number of nitrogens with zero attached hydrogens (tertiary/aromatic N) is 2. The average Bonchev–Trinajstić information content (AvgIpc) is 3.45. The minimum Gasteiger partial charge on any atom is -0.308 e. The smallest absolute Gasteiger partial charge is 0.0617 e. The molecule has 0 unspecified atom stereocenters. The van der Waals surface area contributed by atoms with Crippen LogP contribution in [0.15, 0.2) is 106 Å². The first-order valence-corrected chi connectivity index (χ1v) is 16.1. The first kappa shape index (κ1) is 27.5. The summed E-state index contributed by atoms with van der Waals surface area (Å²) in [5, 5.41) is 5.09. The summed E-state index contributed by atoms with van der Waals surface area (Å²) in [7, 11) is 0. The zero-order valence-corrected chi connectivity index (χ0v) is 28.1. The van der Waals surface area contributed by atoms with Crippen LogP contribution >= 0.6 is 31.9 Å². The van der Waals surface area contributed by atoms with Crippen LogP contribution < -0.4 is 0 Å². The van der Waals surface area contributed by atoms with Gasteiger partial charge >= 0.3 is 0 Å². The van der Waals surface area contributed by atoms with Crippen molar-refractivity contribution in [3.63, 3.8) is 0 Å². The average molecular weight is 679 g/mol. The molecule has 0 saturated carbocycles. The van der Waals surface area contributed by atoms with Gasteiger partial charge in [0.15, 0.2) is 0 Å². The molecule has 0 radical (unpaired) electrons. The van der Waals surface area contributed by atoms with E-state index >= 15 is 0 Å². The molecule has 0 atom stereocenters. The third-order valence-electron chi connectivity index (χ3n) is 8.58. The summed E-state index contributed by atoms with van der Waals surface area (Å²) in [6.07, 6.45) is 0.